The van der Waals surface area contributed by atoms with Crippen LogP contribution in [0.3, 0.4) is 0 Å². The minimum atomic E-state index is -0.500. The number of nitrogens with one attached hydrogen (secondary N) is 1. The Kier molecular flexibility index (Phi) is 7.04. The van der Waals surface area contributed by atoms with E-state index >= 15 is 0 Å². The molecule has 0 aliphatic rings. The van der Waals surface area contributed by atoms with Crippen LogP contribution in [0.15, 0.2) is 41.5 Å². The third kappa shape index (κ3) is 4.85. The van der Waals surface area contributed by atoms with Crippen LogP contribution in [0.4, 0.5) is 5.69 Å². The van der Waals surface area contributed by atoms with Crippen molar-refractivity contribution in [2.45, 2.75) is 26.3 Å². The second kappa shape index (κ2) is 9.90. The van der Waals surface area contributed by atoms with Gasteiger partial charge < -0.3 is 14.8 Å². The van der Waals surface area contributed by atoms with Crippen LogP contribution < -0.4 is 20.3 Å². The maximum absolute atomic E-state index is 12.6. The van der Waals surface area contributed by atoms with E-state index in [1.165, 1.54) is 37.2 Å². The van der Waals surface area contributed by atoms with Gasteiger partial charge in [0.1, 0.15) is 0 Å². The fraction of sp³-hybridized carbons (Fsp3) is 0.318. The highest BCUT2D eigenvalue weighted by Gasteiger charge is 2.19. The quantitative estimate of drug-likeness (QED) is 0.400. The van der Waals surface area contributed by atoms with Crippen LogP contribution in [0.1, 0.15) is 17.5 Å². The fourth-order valence-electron chi connectivity index (χ4n) is 3.42. The lowest BCUT2D eigenvalue weighted by Gasteiger charge is -2.11. The average Bonchev–Trinajstić information content (AvgIpc) is 2.78. The number of aromatic nitrogens is 2. The average molecular weight is 440 g/mol. The number of nitrogens with zero attached hydrogens (tertiary/aromatic N) is 3. The molecular formula is C22H24N4O6. The van der Waals surface area contributed by atoms with E-state index in [4.69, 9.17) is 9.47 Å². The Balaban J connectivity index is 1.62. The Morgan fingerprint density at radius 2 is 1.94 bits per heavy atom. The van der Waals surface area contributed by atoms with E-state index in [9.17, 15) is 19.7 Å². The first kappa shape index (κ1) is 22.7. The third-order valence-corrected chi connectivity index (χ3v) is 5.13. The predicted octanol–water partition coefficient (Wildman–Crippen LogP) is 2.38. The van der Waals surface area contributed by atoms with E-state index in [2.05, 4.69) is 10.3 Å². The number of methoxy groups -OCH3 is 2. The predicted molar refractivity (Wildman–Crippen MR) is 118 cm³/mol. The number of aryl methyl sites for hydroxylation is 2. The first-order valence-electron chi connectivity index (χ1n) is 9.96. The monoisotopic (exact) mass is 440 g/mol. The largest absolute Gasteiger partial charge is 0.493 e. The maximum atomic E-state index is 12.6. The molecular weight excluding hydrogens is 416 g/mol. The summed E-state index contributed by atoms with van der Waals surface area (Å²) in [6.45, 7) is 2.26. The first-order valence-corrected chi connectivity index (χ1v) is 9.96. The molecule has 10 heteroatoms. The van der Waals surface area contributed by atoms with Gasteiger partial charge >= 0.3 is 0 Å². The Hall–Kier alpha value is -3.95. The van der Waals surface area contributed by atoms with Crippen LogP contribution in [0.2, 0.25) is 0 Å². The summed E-state index contributed by atoms with van der Waals surface area (Å²) in [6.07, 6.45) is 1.75. The highest BCUT2D eigenvalue weighted by molar-refractivity contribution is 5.80. The number of benzene rings is 2. The van der Waals surface area contributed by atoms with Gasteiger partial charge in [0.2, 0.25) is 5.91 Å². The van der Waals surface area contributed by atoms with Crippen LogP contribution in [0.25, 0.3) is 10.9 Å². The van der Waals surface area contributed by atoms with Crippen LogP contribution in [-0.2, 0) is 17.8 Å². The molecule has 0 fully saturated rings. The summed E-state index contributed by atoms with van der Waals surface area (Å²) in [6, 6.07) is 8.23. The molecule has 3 rings (SSSR count). The molecule has 1 N–H and O–H groups in total. The van der Waals surface area contributed by atoms with E-state index in [1.54, 1.807) is 12.1 Å². The van der Waals surface area contributed by atoms with Crippen molar-refractivity contribution in [2.75, 3.05) is 20.8 Å². The standard InChI is InChI=1S/C22H24N4O6/c1-14-5-4-6-16-21(14)24-13-25(22(16)28)10-8-20(27)23-9-7-15-11-18(31-2)19(32-3)12-17(15)26(29)30/h4-6,11-13H,7-10H2,1-3H3,(H,23,27). The van der Waals surface area contributed by atoms with Gasteiger partial charge in [-0.1, -0.05) is 12.1 Å². The van der Waals surface area contributed by atoms with Crippen molar-refractivity contribution in [3.05, 3.63) is 68.3 Å². The third-order valence-electron chi connectivity index (χ3n) is 5.13. The zero-order valence-electron chi connectivity index (χ0n) is 18.1. The number of ether oxygens (including phenoxy) is 2. The molecule has 1 amide bonds. The molecule has 0 bridgehead atoms. The van der Waals surface area contributed by atoms with E-state index in [0.29, 0.717) is 22.2 Å². The number of carbonyl (C=O) groups excluding carboxylic acids is 1. The maximum Gasteiger partial charge on any atom is 0.276 e. The molecule has 1 aromatic heterocycles. The topological polar surface area (TPSA) is 126 Å². The Bertz CT molecular complexity index is 1220. The van der Waals surface area contributed by atoms with Gasteiger partial charge in [-0.15, -0.1) is 0 Å². The number of carbonyl (C=O) groups is 1. The molecule has 168 valence electrons. The minimum absolute atomic E-state index is 0.0763. The lowest BCUT2D eigenvalue weighted by Crippen LogP contribution is -2.29. The number of fused-ring (bicyclic) bond motifs is 1. The molecule has 0 radical (unpaired) electrons. The molecule has 0 aliphatic carbocycles. The summed E-state index contributed by atoms with van der Waals surface area (Å²) in [5.41, 5.74) is 1.66. The summed E-state index contributed by atoms with van der Waals surface area (Å²) < 4.78 is 11.7. The second-order valence-electron chi connectivity index (χ2n) is 7.16. The highest BCUT2D eigenvalue weighted by Crippen LogP contribution is 2.34. The Morgan fingerprint density at radius 1 is 1.22 bits per heavy atom. The lowest BCUT2D eigenvalue weighted by atomic mass is 10.1. The number of hydrogen-bond acceptors (Lipinski definition) is 7. The summed E-state index contributed by atoms with van der Waals surface area (Å²) in [5.74, 6) is 0.360. The van der Waals surface area contributed by atoms with Crippen molar-refractivity contribution < 1.29 is 19.2 Å². The van der Waals surface area contributed by atoms with E-state index in [0.717, 1.165) is 5.56 Å². The van der Waals surface area contributed by atoms with Gasteiger partial charge in [0.25, 0.3) is 11.2 Å². The van der Waals surface area contributed by atoms with Gasteiger partial charge in [0.05, 0.1) is 42.4 Å². The van der Waals surface area contributed by atoms with Crippen LogP contribution >= 0.6 is 0 Å². The molecule has 0 saturated carbocycles. The number of para-hydroxylation sites is 1. The van der Waals surface area contributed by atoms with E-state index in [1.807, 2.05) is 13.0 Å². The molecule has 1 heterocycles. The fourth-order valence-corrected chi connectivity index (χ4v) is 3.42. The van der Waals surface area contributed by atoms with Crippen LogP contribution in [0.5, 0.6) is 11.5 Å². The molecule has 3 aromatic rings. The lowest BCUT2D eigenvalue weighted by molar-refractivity contribution is -0.385. The Labute approximate surface area is 183 Å². The zero-order chi connectivity index (χ0) is 23.3. The molecule has 2 aromatic carbocycles. The van der Waals surface area contributed by atoms with Crippen molar-refractivity contribution in [1.29, 1.82) is 0 Å². The molecule has 32 heavy (non-hydrogen) atoms. The minimum Gasteiger partial charge on any atom is -0.493 e. The number of rotatable bonds is 9. The SMILES string of the molecule is COc1cc(CCNC(=O)CCn2cnc3c(C)cccc3c2=O)c([N+](=O)[O-])cc1OC. The molecule has 0 unspecified atom stereocenters. The number of hydrogen-bond donors (Lipinski definition) is 1. The van der Waals surface area contributed by atoms with Crippen LogP contribution in [0, 0.1) is 17.0 Å². The zero-order valence-corrected chi connectivity index (χ0v) is 18.1. The van der Waals surface area contributed by atoms with Crippen LogP contribution in [-0.4, -0.2) is 41.1 Å². The van der Waals surface area contributed by atoms with Crippen molar-refractivity contribution in [3.8, 4) is 11.5 Å². The molecule has 0 saturated heterocycles. The van der Waals surface area contributed by atoms with Gasteiger partial charge in [0.15, 0.2) is 11.5 Å². The van der Waals surface area contributed by atoms with E-state index in [-0.39, 0.29) is 48.8 Å². The van der Waals surface area contributed by atoms with Gasteiger partial charge in [-0.3, -0.25) is 24.3 Å². The number of nitro benzene ring substituents is 1. The van der Waals surface area contributed by atoms with E-state index < -0.39 is 4.92 Å². The van der Waals surface area contributed by atoms with Crippen molar-refractivity contribution in [1.82, 2.24) is 14.9 Å². The smallest absolute Gasteiger partial charge is 0.276 e. The van der Waals surface area contributed by atoms with Crippen molar-refractivity contribution >= 4 is 22.5 Å². The van der Waals surface area contributed by atoms with Gasteiger partial charge in [0, 0.05) is 25.1 Å². The highest BCUT2D eigenvalue weighted by atomic mass is 16.6. The molecule has 0 atom stereocenters. The summed E-state index contributed by atoms with van der Waals surface area (Å²) >= 11 is 0. The molecule has 0 spiro atoms. The van der Waals surface area contributed by atoms with Crippen molar-refractivity contribution in [2.24, 2.45) is 0 Å². The van der Waals surface area contributed by atoms with Gasteiger partial charge in [-0.25, -0.2) is 4.98 Å². The van der Waals surface area contributed by atoms with Gasteiger partial charge in [-0.05, 0) is 31.0 Å². The molecule has 10 nitrogen and oxygen atoms in total. The summed E-state index contributed by atoms with van der Waals surface area (Å²) in [7, 11) is 2.85. The normalized spacial score (nSPS) is 10.7. The Morgan fingerprint density at radius 3 is 2.62 bits per heavy atom. The van der Waals surface area contributed by atoms with Crippen molar-refractivity contribution in [3.63, 3.8) is 0 Å². The van der Waals surface area contributed by atoms with Gasteiger partial charge in [-0.2, -0.15) is 0 Å². The number of nitro groups is 1. The first-order chi connectivity index (χ1) is 15.3. The second-order valence-corrected chi connectivity index (χ2v) is 7.16. The number of amides is 1. The molecule has 0 aliphatic heterocycles. The summed E-state index contributed by atoms with van der Waals surface area (Å²) in [4.78, 5) is 40.1. The summed E-state index contributed by atoms with van der Waals surface area (Å²) in [5, 5.41) is 14.6.